The van der Waals surface area contributed by atoms with E-state index >= 15 is 0 Å². The lowest BCUT2D eigenvalue weighted by Gasteiger charge is -2.31. The van der Waals surface area contributed by atoms with Gasteiger partial charge in [-0.05, 0) is 51.8 Å². The van der Waals surface area contributed by atoms with Gasteiger partial charge in [0.1, 0.15) is 18.2 Å². The molecule has 0 amide bonds. The monoisotopic (exact) mass is 492 g/mol. The summed E-state index contributed by atoms with van der Waals surface area (Å²) >= 11 is 0. The van der Waals surface area contributed by atoms with Crippen LogP contribution >= 0.6 is 0 Å². The van der Waals surface area contributed by atoms with E-state index in [2.05, 4.69) is 0 Å². The number of sulfonamides is 1. The van der Waals surface area contributed by atoms with E-state index in [0.29, 0.717) is 5.56 Å². The molecule has 1 atom stereocenters. The van der Waals surface area contributed by atoms with E-state index in [9.17, 15) is 28.1 Å². The Labute approximate surface area is 198 Å². The molecule has 0 saturated carbocycles. The molecule has 2 aromatic rings. The number of nitro benzene ring substituents is 1. The highest BCUT2D eigenvalue weighted by Crippen LogP contribution is 2.25. The molecule has 0 spiro atoms. The van der Waals surface area contributed by atoms with E-state index in [1.165, 1.54) is 0 Å². The van der Waals surface area contributed by atoms with Crippen molar-refractivity contribution >= 4 is 27.6 Å². The van der Waals surface area contributed by atoms with E-state index in [1.807, 2.05) is 0 Å². The van der Waals surface area contributed by atoms with E-state index in [1.54, 1.807) is 58.0 Å². The van der Waals surface area contributed by atoms with Crippen LogP contribution in [0.4, 0.5) is 5.69 Å². The van der Waals surface area contributed by atoms with Crippen molar-refractivity contribution in [2.45, 2.75) is 50.7 Å². The second-order valence-corrected chi connectivity index (χ2v) is 10.2. The summed E-state index contributed by atoms with van der Waals surface area (Å²) in [5, 5.41) is 11.0. The number of carbonyl (C=O) groups excluding carboxylic acids is 2. The van der Waals surface area contributed by atoms with Crippen molar-refractivity contribution in [2.24, 2.45) is 0 Å². The Morgan fingerprint density at radius 1 is 1.06 bits per heavy atom. The highest BCUT2D eigenvalue weighted by Gasteiger charge is 2.40. The predicted octanol–water partition coefficient (Wildman–Crippen LogP) is 3.10. The number of esters is 2. The number of nitro groups is 1. The molecule has 0 unspecified atom stereocenters. The summed E-state index contributed by atoms with van der Waals surface area (Å²) in [7, 11) is -4.47. The Kier molecular flexibility index (Phi) is 8.88. The maximum atomic E-state index is 13.6. The van der Waals surface area contributed by atoms with Gasteiger partial charge in [-0.25, -0.2) is 8.42 Å². The maximum absolute atomic E-state index is 13.6. The first-order chi connectivity index (χ1) is 15.8. The van der Waals surface area contributed by atoms with Gasteiger partial charge in [0, 0.05) is 12.1 Å². The average Bonchev–Trinajstić information content (AvgIpc) is 2.75. The first-order valence-electron chi connectivity index (χ1n) is 10.5. The molecule has 2 aromatic carbocycles. The first kappa shape index (κ1) is 26.9. The molecule has 34 heavy (non-hydrogen) atoms. The molecule has 0 aromatic heterocycles. The minimum absolute atomic E-state index is 0.0139. The van der Waals surface area contributed by atoms with Crippen molar-refractivity contribution < 1.29 is 32.4 Å². The summed E-state index contributed by atoms with van der Waals surface area (Å²) in [6, 6.07) is 11.5. The molecule has 0 radical (unpaired) electrons. The number of ether oxygens (including phenoxy) is 2. The molecule has 0 aliphatic carbocycles. The molecule has 184 valence electrons. The molecular weight excluding hydrogens is 464 g/mol. The highest BCUT2D eigenvalue weighted by atomic mass is 32.2. The molecule has 0 fully saturated rings. The lowest BCUT2D eigenvalue weighted by Crippen LogP contribution is -2.50. The van der Waals surface area contributed by atoms with Gasteiger partial charge in [-0.3, -0.25) is 19.7 Å². The van der Waals surface area contributed by atoms with Crippen LogP contribution in [0.3, 0.4) is 0 Å². The highest BCUT2D eigenvalue weighted by molar-refractivity contribution is 7.89. The normalized spacial score (nSPS) is 12.7. The molecule has 11 heteroatoms. The Hall–Kier alpha value is -3.31. The number of benzene rings is 2. The summed E-state index contributed by atoms with van der Waals surface area (Å²) in [5.74, 6) is -1.69. The SMILES string of the molecule is CCOC(=O)CN([C@@H](Cc1ccccc1)C(=O)OC(C)(C)C)S(=O)(=O)c1ccc([N+](=O)[O-])cc1. The van der Waals surface area contributed by atoms with Gasteiger partial charge in [-0.1, -0.05) is 30.3 Å². The van der Waals surface area contributed by atoms with Crippen LogP contribution in [0.2, 0.25) is 0 Å². The Balaban J connectivity index is 2.59. The molecule has 0 saturated heterocycles. The van der Waals surface area contributed by atoms with Crippen LogP contribution in [0.15, 0.2) is 59.5 Å². The second kappa shape index (κ2) is 11.2. The van der Waals surface area contributed by atoms with E-state index in [-0.39, 0.29) is 23.6 Å². The fourth-order valence-electron chi connectivity index (χ4n) is 3.08. The van der Waals surface area contributed by atoms with Gasteiger partial charge >= 0.3 is 11.9 Å². The van der Waals surface area contributed by atoms with Crippen LogP contribution in [0, 0.1) is 10.1 Å². The van der Waals surface area contributed by atoms with Crippen molar-refractivity contribution in [3.8, 4) is 0 Å². The lowest BCUT2D eigenvalue weighted by atomic mass is 10.1. The van der Waals surface area contributed by atoms with Crippen LogP contribution in [-0.4, -0.2) is 54.4 Å². The standard InChI is InChI=1S/C23H28N2O8S/c1-5-32-21(26)16-24(34(30,31)19-13-11-18(12-14-19)25(28)29)20(22(27)33-23(2,3)4)15-17-9-7-6-8-10-17/h6-14,20H,5,15-16H2,1-4H3/t20-/m0/s1. The molecule has 0 N–H and O–H groups in total. The van der Waals surface area contributed by atoms with Gasteiger partial charge in [0.2, 0.25) is 10.0 Å². The molecule has 0 heterocycles. The number of non-ortho nitro benzene ring substituents is 1. The average molecular weight is 493 g/mol. The Bertz CT molecular complexity index is 1110. The third kappa shape index (κ3) is 7.35. The van der Waals surface area contributed by atoms with Crippen LogP contribution in [0.25, 0.3) is 0 Å². The number of hydrogen-bond donors (Lipinski definition) is 0. The quantitative estimate of drug-likeness (QED) is 0.281. The third-order valence-corrected chi connectivity index (χ3v) is 6.41. The van der Waals surface area contributed by atoms with Gasteiger partial charge in [-0.15, -0.1) is 0 Å². The fourth-order valence-corrected chi connectivity index (χ4v) is 4.60. The molecule has 2 rings (SSSR count). The zero-order chi connectivity index (χ0) is 25.5. The lowest BCUT2D eigenvalue weighted by molar-refractivity contribution is -0.384. The number of nitrogens with zero attached hydrogens (tertiary/aromatic N) is 2. The minimum atomic E-state index is -4.47. The van der Waals surface area contributed by atoms with E-state index in [4.69, 9.17) is 9.47 Å². The summed E-state index contributed by atoms with van der Waals surface area (Å²) in [6.07, 6.45) is -0.0681. The number of carbonyl (C=O) groups is 2. The van der Waals surface area contributed by atoms with Crippen molar-refractivity contribution in [1.29, 1.82) is 0 Å². The summed E-state index contributed by atoms with van der Waals surface area (Å²) < 4.78 is 38.4. The topological polar surface area (TPSA) is 133 Å². The van der Waals surface area contributed by atoms with Crippen LogP contribution in [0.5, 0.6) is 0 Å². The van der Waals surface area contributed by atoms with Gasteiger partial charge < -0.3 is 9.47 Å². The van der Waals surface area contributed by atoms with Crippen molar-refractivity contribution in [3.05, 3.63) is 70.3 Å². The van der Waals surface area contributed by atoms with E-state index in [0.717, 1.165) is 28.6 Å². The zero-order valence-corrected chi connectivity index (χ0v) is 20.3. The van der Waals surface area contributed by atoms with Crippen molar-refractivity contribution in [2.75, 3.05) is 13.2 Å². The molecule has 0 bridgehead atoms. The zero-order valence-electron chi connectivity index (χ0n) is 19.5. The Morgan fingerprint density at radius 2 is 1.65 bits per heavy atom. The minimum Gasteiger partial charge on any atom is -0.465 e. The smallest absolute Gasteiger partial charge is 0.325 e. The fraction of sp³-hybridized carbons (Fsp3) is 0.391. The Morgan fingerprint density at radius 3 is 2.15 bits per heavy atom. The second-order valence-electron chi connectivity index (χ2n) is 8.35. The first-order valence-corrected chi connectivity index (χ1v) is 12.0. The van der Waals surface area contributed by atoms with Gasteiger partial charge in [0.05, 0.1) is 16.4 Å². The van der Waals surface area contributed by atoms with Crippen LogP contribution < -0.4 is 0 Å². The molecular formula is C23H28N2O8S. The summed E-state index contributed by atoms with van der Waals surface area (Å²) in [4.78, 5) is 35.6. The van der Waals surface area contributed by atoms with Crippen LogP contribution in [-0.2, 0) is 35.5 Å². The van der Waals surface area contributed by atoms with Gasteiger partial charge in [-0.2, -0.15) is 4.31 Å². The van der Waals surface area contributed by atoms with Gasteiger partial charge in [0.15, 0.2) is 0 Å². The molecule has 10 nitrogen and oxygen atoms in total. The van der Waals surface area contributed by atoms with Gasteiger partial charge in [0.25, 0.3) is 5.69 Å². The largest absolute Gasteiger partial charge is 0.465 e. The van der Waals surface area contributed by atoms with Crippen molar-refractivity contribution in [3.63, 3.8) is 0 Å². The molecule has 0 aliphatic rings. The molecule has 0 aliphatic heterocycles. The predicted molar refractivity (Wildman–Crippen MR) is 123 cm³/mol. The summed E-state index contributed by atoms with van der Waals surface area (Å²) in [5.41, 5.74) is -0.575. The number of hydrogen-bond acceptors (Lipinski definition) is 8. The summed E-state index contributed by atoms with van der Waals surface area (Å²) in [6.45, 7) is 5.77. The van der Waals surface area contributed by atoms with E-state index < -0.39 is 45.1 Å². The number of rotatable bonds is 10. The van der Waals surface area contributed by atoms with Crippen LogP contribution in [0.1, 0.15) is 33.3 Å². The maximum Gasteiger partial charge on any atom is 0.325 e. The van der Waals surface area contributed by atoms with Crippen molar-refractivity contribution in [1.82, 2.24) is 4.31 Å². The third-order valence-electron chi connectivity index (χ3n) is 4.54.